The topological polar surface area (TPSA) is 164 Å². The van der Waals surface area contributed by atoms with Crippen molar-refractivity contribution in [2.24, 2.45) is 11.8 Å². The zero-order valence-electron chi connectivity index (χ0n) is 27.9. The highest BCUT2D eigenvalue weighted by atomic mass is 32.1. The van der Waals surface area contributed by atoms with E-state index in [4.69, 9.17) is 9.47 Å². The molecule has 1 heterocycles. The number of ether oxygens (including phenoxy) is 2. The number of amides is 5. The first-order valence-electron chi connectivity index (χ1n) is 15.9. The van der Waals surface area contributed by atoms with E-state index >= 15 is 0 Å². The second-order valence-electron chi connectivity index (χ2n) is 12.2. The van der Waals surface area contributed by atoms with Gasteiger partial charge in [0.2, 0.25) is 5.91 Å². The fraction of sp³-hybridized carbons (Fsp3) is 0.400. The molecule has 3 atom stereocenters. The Morgan fingerprint density at radius 1 is 0.604 bits per heavy atom. The first-order valence-corrected chi connectivity index (χ1v) is 16.7. The molecule has 0 fully saturated rings. The Bertz CT molecular complexity index is 1500. The third-order valence-electron chi connectivity index (χ3n) is 6.99. The molecule has 48 heavy (non-hydrogen) atoms. The van der Waals surface area contributed by atoms with Crippen LogP contribution in [0.25, 0.3) is 0 Å². The van der Waals surface area contributed by atoms with Crippen LogP contribution in [0.5, 0.6) is 0 Å². The van der Waals surface area contributed by atoms with E-state index in [9.17, 15) is 24.0 Å². The van der Waals surface area contributed by atoms with Gasteiger partial charge in [-0.15, -0.1) is 11.3 Å². The van der Waals surface area contributed by atoms with Crippen LogP contribution in [-0.2, 0) is 32.3 Å². The number of rotatable bonds is 15. The number of nitrogens with one attached hydrogen (secondary N) is 5. The fourth-order valence-corrected chi connectivity index (χ4v) is 5.49. The molecule has 258 valence electrons. The van der Waals surface area contributed by atoms with E-state index in [0.29, 0.717) is 22.6 Å². The van der Waals surface area contributed by atoms with Crippen molar-refractivity contribution in [1.29, 1.82) is 0 Å². The fourth-order valence-electron chi connectivity index (χ4n) is 4.58. The van der Waals surface area contributed by atoms with E-state index in [2.05, 4.69) is 26.8 Å². The van der Waals surface area contributed by atoms with Crippen molar-refractivity contribution in [3.8, 4) is 0 Å². The molecule has 0 aliphatic rings. The van der Waals surface area contributed by atoms with Crippen LogP contribution in [-0.4, -0.2) is 42.0 Å². The minimum absolute atomic E-state index is 0.0508. The van der Waals surface area contributed by atoms with E-state index in [0.717, 1.165) is 22.5 Å². The van der Waals surface area contributed by atoms with Crippen molar-refractivity contribution in [2.45, 2.75) is 78.8 Å². The maximum atomic E-state index is 13.2. The number of benzene rings is 2. The van der Waals surface area contributed by atoms with Gasteiger partial charge in [-0.25, -0.2) is 9.59 Å². The Balaban J connectivity index is 1.51. The molecule has 0 bridgehead atoms. The molecule has 0 aliphatic heterocycles. The molecular formula is C35H45N5O7S. The lowest BCUT2D eigenvalue weighted by atomic mass is 10.0. The van der Waals surface area contributed by atoms with Crippen LogP contribution in [0.15, 0.2) is 72.8 Å². The van der Waals surface area contributed by atoms with Gasteiger partial charge in [0.25, 0.3) is 11.8 Å². The number of carbonyl (C=O) groups is 5. The maximum absolute atomic E-state index is 13.2. The maximum Gasteiger partial charge on any atom is 0.408 e. The Morgan fingerprint density at radius 3 is 1.56 bits per heavy atom. The summed E-state index contributed by atoms with van der Waals surface area (Å²) in [6.07, 6.45) is -0.729. The molecule has 12 nitrogen and oxygen atoms in total. The molecular weight excluding hydrogens is 634 g/mol. The quantitative estimate of drug-likeness (QED) is 0.135. The summed E-state index contributed by atoms with van der Waals surface area (Å²) in [6, 6.07) is 19.4. The standard InChI is InChI=1S/C35H45N5O7S/c1-22(2)18-27(37-34(44)46-20-25-12-8-6-9-13-25)31(41)36-24(5)29-16-17-30(48-29)33(43)40-39-32(42)28(19-23(3)4)38-35(45)47-21-26-14-10-7-11-15-26/h6-17,22-24,27-28H,18-21H2,1-5H3,(H,36,41)(H,37,44)(H,38,45)(H,39,42)(H,40,43)/t24?,27?,28-/m0/s1. The Labute approximate surface area is 285 Å². The van der Waals surface area contributed by atoms with Gasteiger partial charge in [0.15, 0.2) is 0 Å². The molecule has 0 radical (unpaired) electrons. The monoisotopic (exact) mass is 679 g/mol. The van der Waals surface area contributed by atoms with Crippen LogP contribution in [0.2, 0.25) is 0 Å². The van der Waals surface area contributed by atoms with Crippen molar-refractivity contribution >= 4 is 41.2 Å². The highest BCUT2D eigenvalue weighted by Crippen LogP contribution is 2.23. The van der Waals surface area contributed by atoms with Gasteiger partial charge < -0.3 is 25.4 Å². The van der Waals surface area contributed by atoms with Crippen molar-refractivity contribution in [2.75, 3.05) is 0 Å². The number of thiophene rings is 1. The molecule has 2 unspecified atom stereocenters. The lowest BCUT2D eigenvalue weighted by Gasteiger charge is -2.22. The first kappa shape index (κ1) is 37.5. The lowest BCUT2D eigenvalue weighted by molar-refractivity contribution is -0.124. The minimum atomic E-state index is -0.939. The number of hydrogen-bond donors (Lipinski definition) is 5. The Hall–Kier alpha value is -4.91. The van der Waals surface area contributed by atoms with Crippen LogP contribution in [0.1, 0.15) is 79.2 Å². The Kier molecular flexibility index (Phi) is 14.9. The van der Waals surface area contributed by atoms with Gasteiger partial charge in [0.1, 0.15) is 25.3 Å². The normalized spacial score (nSPS) is 12.7. The van der Waals surface area contributed by atoms with Gasteiger partial charge >= 0.3 is 12.2 Å². The van der Waals surface area contributed by atoms with Gasteiger partial charge in [-0.1, -0.05) is 88.4 Å². The summed E-state index contributed by atoms with van der Waals surface area (Å²) in [7, 11) is 0. The third-order valence-corrected chi connectivity index (χ3v) is 8.26. The molecule has 0 spiro atoms. The molecule has 0 saturated heterocycles. The molecule has 0 saturated carbocycles. The number of alkyl carbamates (subject to hydrolysis) is 2. The molecule has 0 aliphatic carbocycles. The van der Waals surface area contributed by atoms with E-state index in [1.54, 1.807) is 19.1 Å². The van der Waals surface area contributed by atoms with Crippen LogP contribution in [0, 0.1) is 11.8 Å². The summed E-state index contributed by atoms with van der Waals surface area (Å²) in [5.74, 6) is -1.36. The molecule has 5 amide bonds. The van der Waals surface area contributed by atoms with E-state index < -0.39 is 42.1 Å². The molecule has 1 aromatic heterocycles. The van der Waals surface area contributed by atoms with Crippen LogP contribution in [0.4, 0.5) is 9.59 Å². The van der Waals surface area contributed by atoms with Crippen molar-refractivity contribution < 1.29 is 33.4 Å². The average Bonchev–Trinajstić information content (AvgIpc) is 3.56. The van der Waals surface area contributed by atoms with Gasteiger partial charge in [0.05, 0.1) is 10.9 Å². The van der Waals surface area contributed by atoms with E-state index in [1.807, 2.05) is 88.4 Å². The highest BCUT2D eigenvalue weighted by Gasteiger charge is 2.26. The van der Waals surface area contributed by atoms with Crippen LogP contribution >= 0.6 is 11.3 Å². The van der Waals surface area contributed by atoms with Crippen LogP contribution in [0.3, 0.4) is 0 Å². The molecule has 2 aromatic carbocycles. The van der Waals surface area contributed by atoms with Gasteiger partial charge in [-0.2, -0.15) is 0 Å². The van der Waals surface area contributed by atoms with E-state index in [-0.39, 0.29) is 31.0 Å². The minimum Gasteiger partial charge on any atom is -0.445 e. The molecule has 5 N–H and O–H groups in total. The summed E-state index contributed by atoms with van der Waals surface area (Å²) in [6.45, 7) is 9.60. The number of hydrogen-bond acceptors (Lipinski definition) is 8. The predicted molar refractivity (Wildman–Crippen MR) is 182 cm³/mol. The molecule has 3 aromatic rings. The number of hydrazine groups is 1. The Morgan fingerprint density at radius 2 is 1.08 bits per heavy atom. The molecule has 13 heteroatoms. The SMILES string of the molecule is CC(C)CC(NC(=O)OCc1ccccc1)C(=O)NC(C)c1ccc(C(=O)NNC(=O)[C@H](CC(C)C)NC(=O)OCc2ccccc2)s1. The van der Waals surface area contributed by atoms with Crippen molar-refractivity contribution in [1.82, 2.24) is 26.8 Å². The van der Waals surface area contributed by atoms with E-state index in [1.165, 1.54) is 0 Å². The summed E-state index contributed by atoms with van der Waals surface area (Å²) >= 11 is 1.14. The second kappa shape index (κ2) is 19.0. The zero-order valence-corrected chi connectivity index (χ0v) is 28.7. The summed E-state index contributed by atoms with van der Waals surface area (Å²) in [5, 5.41) is 8.14. The van der Waals surface area contributed by atoms with Crippen molar-refractivity contribution in [3.05, 3.63) is 93.7 Å². The van der Waals surface area contributed by atoms with Crippen molar-refractivity contribution in [3.63, 3.8) is 0 Å². The predicted octanol–water partition coefficient (Wildman–Crippen LogP) is 5.37. The smallest absolute Gasteiger partial charge is 0.408 e. The van der Waals surface area contributed by atoms with Crippen LogP contribution < -0.4 is 26.8 Å². The number of carbonyl (C=O) groups excluding carboxylic acids is 5. The van der Waals surface area contributed by atoms with Gasteiger partial charge in [0, 0.05) is 4.88 Å². The lowest BCUT2D eigenvalue weighted by Crippen LogP contribution is -2.52. The first-order chi connectivity index (χ1) is 22.9. The third kappa shape index (κ3) is 13.1. The van der Waals surface area contributed by atoms with Gasteiger partial charge in [-0.05, 0) is 54.9 Å². The second-order valence-corrected chi connectivity index (χ2v) is 13.3. The highest BCUT2D eigenvalue weighted by molar-refractivity contribution is 7.14. The summed E-state index contributed by atoms with van der Waals surface area (Å²) < 4.78 is 10.5. The van der Waals surface area contributed by atoms with Gasteiger partial charge in [-0.3, -0.25) is 25.2 Å². The summed E-state index contributed by atoms with van der Waals surface area (Å²) in [5.41, 5.74) is 6.41. The zero-order chi connectivity index (χ0) is 35.1. The largest absolute Gasteiger partial charge is 0.445 e. The average molecular weight is 680 g/mol. The molecule has 3 rings (SSSR count). The summed E-state index contributed by atoms with van der Waals surface area (Å²) in [4.78, 5) is 64.8.